The summed E-state index contributed by atoms with van der Waals surface area (Å²) >= 11 is 1.42. The summed E-state index contributed by atoms with van der Waals surface area (Å²) in [5.41, 5.74) is 5.55. The number of nitrogens with two attached hydrogens (primary N) is 1. The molecule has 0 bridgehead atoms. The molecule has 0 aromatic carbocycles. The van der Waals surface area contributed by atoms with Crippen molar-refractivity contribution in [3.05, 3.63) is 6.07 Å². The van der Waals surface area contributed by atoms with E-state index < -0.39 is 0 Å². The van der Waals surface area contributed by atoms with E-state index >= 15 is 0 Å². The van der Waals surface area contributed by atoms with Gasteiger partial charge in [-0.25, -0.2) is 0 Å². The maximum absolute atomic E-state index is 12.4. The van der Waals surface area contributed by atoms with Crippen molar-refractivity contribution < 1.29 is 4.39 Å². The molecule has 1 aromatic heterocycles. The van der Waals surface area contributed by atoms with Crippen molar-refractivity contribution in [3.63, 3.8) is 0 Å². The standard InChI is InChI=1S/C9H14FN3S/c10-6-7-1-3-13(4-2-7)9-5-8(11)12-14-9/h5,7H,1-4,6H2,(H2,11,12). The number of piperidine rings is 1. The van der Waals surface area contributed by atoms with E-state index in [2.05, 4.69) is 9.27 Å². The zero-order valence-corrected chi connectivity index (χ0v) is 8.76. The molecule has 2 rings (SSSR count). The molecule has 1 saturated heterocycles. The first kappa shape index (κ1) is 9.71. The fourth-order valence-electron chi connectivity index (χ4n) is 1.74. The van der Waals surface area contributed by atoms with Crippen LogP contribution in [0.5, 0.6) is 0 Å². The van der Waals surface area contributed by atoms with Gasteiger partial charge < -0.3 is 10.6 Å². The fourth-order valence-corrected chi connectivity index (χ4v) is 2.46. The van der Waals surface area contributed by atoms with Crippen molar-refractivity contribution in [2.75, 3.05) is 30.4 Å². The highest BCUT2D eigenvalue weighted by Crippen LogP contribution is 2.27. The van der Waals surface area contributed by atoms with Gasteiger partial charge in [0.2, 0.25) is 0 Å². The second kappa shape index (κ2) is 4.13. The van der Waals surface area contributed by atoms with Gasteiger partial charge in [-0.05, 0) is 30.3 Å². The highest BCUT2D eigenvalue weighted by Gasteiger charge is 2.20. The Bertz CT molecular complexity index is 294. The predicted molar refractivity (Wildman–Crippen MR) is 57.4 cm³/mol. The van der Waals surface area contributed by atoms with Crippen molar-refractivity contribution in [2.24, 2.45) is 5.92 Å². The minimum absolute atomic E-state index is 0.182. The van der Waals surface area contributed by atoms with Gasteiger partial charge in [0.1, 0.15) is 10.8 Å². The molecule has 1 aliphatic heterocycles. The average Bonchev–Trinajstić information content (AvgIpc) is 2.65. The van der Waals surface area contributed by atoms with Gasteiger partial charge in [-0.1, -0.05) is 0 Å². The number of hydrogen-bond acceptors (Lipinski definition) is 4. The Morgan fingerprint density at radius 1 is 1.57 bits per heavy atom. The van der Waals surface area contributed by atoms with Crippen LogP contribution < -0.4 is 10.6 Å². The van der Waals surface area contributed by atoms with Crippen LogP contribution in [-0.4, -0.2) is 24.1 Å². The molecular formula is C9H14FN3S. The number of aromatic nitrogens is 1. The molecule has 78 valence electrons. The Morgan fingerprint density at radius 2 is 2.29 bits per heavy atom. The molecule has 1 aromatic rings. The Hall–Kier alpha value is -0.840. The molecule has 14 heavy (non-hydrogen) atoms. The van der Waals surface area contributed by atoms with Crippen molar-refractivity contribution in [1.29, 1.82) is 0 Å². The summed E-state index contributed by atoms with van der Waals surface area (Å²) in [4.78, 5) is 2.24. The zero-order valence-electron chi connectivity index (χ0n) is 7.95. The third-order valence-electron chi connectivity index (χ3n) is 2.66. The normalized spacial score (nSPS) is 18.8. The van der Waals surface area contributed by atoms with Crippen LogP contribution in [-0.2, 0) is 0 Å². The summed E-state index contributed by atoms with van der Waals surface area (Å²) in [5, 5.41) is 1.11. The quantitative estimate of drug-likeness (QED) is 0.819. The molecule has 1 fully saturated rings. The molecule has 3 nitrogen and oxygen atoms in total. The third kappa shape index (κ3) is 1.97. The van der Waals surface area contributed by atoms with E-state index in [9.17, 15) is 4.39 Å². The number of nitrogens with zero attached hydrogens (tertiary/aromatic N) is 2. The lowest BCUT2D eigenvalue weighted by Gasteiger charge is -2.30. The first-order chi connectivity index (χ1) is 6.79. The maximum atomic E-state index is 12.4. The SMILES string of the molecule is Nc1cc(N2CCC(CF)CC2)sn1. The summed E-state index contributed by atoms with van der Waals surface area (Å²) in [6.07, 6.45) is 1.88. The van der Waals surface area contributed by atoms with Gasteiger partial charge >= 0.3 is 0 Å². The number of nitrogen functional groups attached to an aromatic ring is 1. The Morgan fingerprint density at radius 3 is 2.79 bits per heavy atom. The van der Waals surface area contributed by atoms with Crippen molar-refractivity contribution in [2.45, 2.75) is 12.8 Å². The lowest BCUT2D eigenvalue weighted by molar-refractivity contribution is 0.308. The summed E-state index contributed by atoms with van der Waals surface area (Å²) in [6, 6.07) is 1.89. The van der Waals surface area contributed by atoms with Gasteiger partial charge in [-0.3, -0.25) is 4.39 Å². The lowest BCUT2D eigenvalue weighted by Crippen LogP contribution is -2.33. The average molecular weight is 215 g/mol. The molecule has 0 radical (unpaired) electrons. The summed E-state index contributed by atoms with van der Waals surface area (Å²) in [5.74, 6) is 0.842. The highest BCUT2D eigenvalue weighted by molar-refractivity contribution is 7.10. The lowest BCUT2D eigenvalue weighted by atomic mass is 9.99. The number of rotatable bonds is 2. The van der Waals surface area contributed by atoms with Gasteiger partial charge in [0.05, 0.1) is 6.67 Å². The first-order valence-corrected chi connectivity index (χ1v) is 5.60. The number of alkyl halides is 1. The number of hydrogen-bond donors (Lipinski definition) is 1. The minimum Gasteiger partial charge on any atom is -0.383 e. The molecule has 0 unspecified atom stereocenters. The van der Waals surface area contributed by atoms with E-state index in [1.807, 2.05) is 6.07 Å². The number of anilines is 2. The third-order valence-corrected chi connectivity index (χ3v) is 3.53. The summed E-state index contributed by atoms with van der Waals surface area (Å²) < 4.78 is 16.4. The maximum Gasteiger partial charge on any atom is 0.139 e. The fraction of sp³-hybridized carbons (Fsp3) is 0.667. The molecule has 2 N–H and O–H groups in total. The van der Waals surface area contributed by atoms with E-state index in [1.54, 1.807) is 0 Å². The molecule has 0 aliphatic carbocycles. The molecular weight excluding hydrogens is 201 g/mol. The molecule has 1 aliphatic rings. The Balaban J connectivity index is 1.95. The zero-order chi connectivity index (χ0) is 9.97. The molecule has 0 amide bonds. The van der Waals surface area contributed by atoms with Crippen LogP contribution in [0.2, 0.25) is 0 Å². The van der Waals surface area contributed by atoms with Crippen LogP contribution in [0.15, 0.2) is 6.07 Å². The van der Waals surface area contributed by atoms with Crippen molar-refractivity contribution in [3.8, 4) is 0 Å². The molecule has 0 spiro atoms. The first-order valence-electron chi connectivity index (χ1n) is 4.82. The van der Waals surface area contributed by atoms with Gasteiger partial charge in [-0.15, -0.1) is 0 Å². The summed E-state index contributed by atoms with van der Waals surface area (Å²) in [6.45, 7) is 1.67. The van der Waals surface area contributed by atoms with Crippen molar-refractivity contribution in [1.82, 2.24) is 4.37 Å². The van der Waals surface area contributed by atoms with Crippen LogP contribution in [0.4, 0.5) is 15.2 Å². The van der Waals surface area contributed by atoms with E-state index in [0.29, 0.717) is 5.82 Å². The molecule has 2 heterocycles. The van der Waals surface area contributed by atoms with Gasteiger partial charge in [0, 0.05) is 19.2 Å². The molecule has 0 saturated carbocycles. The smallest absolute Gasteiger partial charge is 0.139 e. The molecule has 5 heteroatoms. The van der Waals surface area contributed by atoms with Crippen LogP contribution in [0.25, 0.3) is 0 Å². The van der Waals surface area contributed by atoms with Gasteiger partial charge in [-0.2, -0.15) is 4.37 Å². The predicted octanol–water partition coefficient (Wildman–Crippen LogP) is 1.91. The topological polar surface area (TPSA) is 42.1 Å². The highest BCUT2D eigenvalue weighted by atomic mass is 32.1. The van der Waals surface area contributed by atoms with Crippen LogP contribution >= 0.6 is 11.5 Å². The second-order valence-electron chi connectivity index (χ2n) is 3.67. The second-order valence-corrected chi connectivity index (χ2v) is 4.46. The van der Waals surface area contributed by atoms with E-state index in [1.165, 1.54) is 11.5 Å². The Kier molecular flexibility index (Phi) is 2.86. The summed E-state index contributed by atoms with van der Waals surface area (Å²) in [7, 11) is 0. The monoisotopic (exact) mass is 215 g/mol. The van der Waals surface area contributed by atoms with Gasteiger partial charge in [0.15, 0.2) is 0 Å². The minimum atomic E-state index is -0.182. The van der Waals surface area contributed by atoms with Crippen LogP contribution in [0.1, 0.15) is 12.8 Å². The van der Waals surface area contributed by atoms with Crippen LogP contribution in [0, 0.1) is 5.92 Å². The van der Waals surface area contributed by atoms with Gasteiger partial charge in [0.25, 0.3) is 0 Å². The van der Waals surface area contributed by atoms with Crippen LogP contribution in [0.3, 0.4) is 0 Å². The molecule has 0 atom stereocenters. The Labute approximate surface area is 86.9 Å². The van der Waals surface area contributed by atoms with Crippen molar-refractivity contribution >= 4 is 22.4 Å². The largest absolute Gasteiger partial charge is 0.383 e. The van der Waals surface area contributed by atoms with E-state index in [0.717, 1.165) is 30.9 Å². The number of halogens is 1. The van der Waals surface area contributed by atoms with E-state index in [-0.39, 0.29) is 12.6 Å². The van der Waals surface area contributed by atoms with E-state index in [4.69, 9.17) is 5.73 Å².